The molecule has 0 aliphatic rings. The maximum atomic E-state index is 13.2. The highest BCUT2D eigenvalue weighted by atomic mass is 32.2. The van der Waals surface area contributed by atoms with E-state index >= 15 is 0 Å². The van der Waals surface area contributed by atoms with Crippen LogP contribution < -0.4 is 9.62 Å². The van der Waals surface area contributed by atoms with Crippen molar-refractivity contribution in [2.45, 2.75) is 59.0 Å². The number of carbonyl (C=O) groups is 2. The van der Waals surface area contributed by atoms with Crippen molar-refractivity contribution in [3.63, 3.8) is 0 Å². The molecule has 2 aromatic rings. The number of carbonyl (C=O) groups excluding carboxylic acids is 2. The Balaban J connectivity index is 2.11. The summed E-state index contributed by atoms with van der Waals surface area (Å²) in [6, 6.07) is 16.2. The molecule has 0 aliphatic carbocycles. The predicted octanol–water partition coefficient (Wildman–Crippen LogP) is 3.87. The van der Waals surface area contributed by atoms with Gasteiger partial charge in [0.1, 0.15) is 6.04 Å². The van der Waals surface area contributed by atoms with Crippen molar-refractivity contribution in [2.24, 2.45) is 0 Å². The predicted molar refractivity (Wildman–Crippen MR) is 137 cm³/mol. The van der Waals surface area contributed by atoms with Crippen LogP contribution in [0.25, 0.3) is 0 Å². The molecule has 1 atom stereocenters. The number of benzene rings is 2. The molecule has 2 rings (SSSR count). The van der Waals surface area contributed by atoms with Gasteiger partial charge in [-0.2, -0.15) is 0 Å². The standard InChI is InChI=1S/C26H37N3O4S/c1-5-6-17-27-26(31)22(3)28(20-23-13-8-7-9-14-23)25(30)16-11-18-29(34(4,32)33)24-15-10-12-21(2)19-24/h7-10,12-15,19,22H,5-6,11,16-18,20H2,1-4H3,(H,27,31). The van der Waals surface area contributed by atoms with Gasteiger partial charge in [0.05, 0.1) is 11.9 Å². The second-order valence-corrected chi connectivity index (χ2v) is 10.5. The van der Waals surface area contributed by atoms with Crippen molar-refractivity contribution < 1.29 is 18.0 Å². The van der Waals surface area contributed by atoms with E-state index in [2.05, 4.69) is 12.2 Å². The fourth-order valence-electron chi connectivity index (χ4n) is 3.69. The Morgan fingerprint density at radius 2 is 1.74 bits per heavy atom. The zero-order valence-electron chi connectivity index (χ0n) is 20.7. The lowest BCUT2D eigenvalue weighted by Gasteiger charge is -2.29. The lowest BCUT2D eigenvalue weighted by atomic mass is 10.1. The number of rotatable bonds is 13. The van der Waals surface area contributed by atoms with Crippen molar-refractivity contribution in [2.75, 3.05) is 23.7 Å². The lowest BCUT2D eigenvalue weighted by Crippen LogP contribution is -2.47. The molecule has 8 heteroatoms. The highest BCUT2D eigenvalue weighted by Gasteiger charge is 2.26. The molecule has 7 nitrogen and oxygen atoms in total. The van der Waals surface area contributed by atoms with E-state index in [1.807, 2.05) is 55.5 Å². The average Bonchev–Trinajstić information content (AvgIpc) is 2.79. The van der Waals surface area contributed by atoms with E-state index in [1.165, 1.54) is 10.6 Å². The van der Waals surface area contributed by atoms with Gasteiger partial charge in [-0.05, 0) is 49.9 Å². The van der Waals surface area contributed by atoms with Gasteiger partial charge in [-0.25, -0.2) is 8.42 Å². The van der Waals surface area contributed by atoms with Crippen LogP contribution in [0.15, 0.2) is 54.6 Å². The molecule has 186 valence electrons. The first-order valence-electron chi connectivity index (χ1n) is 11.8. The number of unbranched alkanes of at least 4 members (excludes halogenated alkanes) is 1. The third kappa shape index (κ3) is 8.48. The number of nitrogens with one attached hydrogen (secondary N) is 1. The summed E-state index contributed by atoms with van der Waals surface area (Å²) in [7, 11) is -3.50. The van der Waals surface area contributed by atoms with Crippen molar-refractivity contribution in [3.8, 4) is 0 Å². The van der Waals surface area contributed by atoms with E-state index in [0.717, 1.165) is 24.0 Å². The van der Waals surface area contributed by atoms with Gasteiger partial charge in [-0.15, -0.1) is 0 Å². The van der Waals surface area contributed by atoms with Gasteiger partial charge >= 0.3 is 0 Å². The molecule has 0 saturated heterocycles. The Kier molecular flexibility index (Phi) is 10.6. The summed E-state index contributed by atoms with van der Waals surface area (Å²) in [5.74, 6) is -0.366. The summed E-state index contributed by atoms with van der Waals surface area (Å²) in [4.78, 5) is 27.5. The van der Waals surface area contributed by atoms with Crippen molar-refractivity contribution in [1.29, 1.82) is 0 Å². The van der Waals surface area contributed by atoms with Gasteiger partial charge in [-0.1, -0.05) is 55.8 Å². The Hall–Kier alpha value is -2.87. The first kappa shape index (κ1) is 27.4. The summed E-state index contributed by atoms with van der Waals surface area (Å²) < 4.78 is 26.1. The minimum Gasteiger partial charge on any atom is -0.354 e. The summed E-state index contributed by atoms with van der Waals surface area (Å²) in [6.07, 6.45) is 3.50. The summed E-state index contributed by atoms with van der Waals surface area (Å²) in [5, 5.41) is 2.91. The van der Waals surface area contributed by atoms with Gasteiger partial charge in [0.25, 0.3) is 0 Å². The van der Waals surface area contributed by atoms with Crippen LogP contribution in [0.4, 0.5) is 5.69 Å². The molecule has 34 heavy (non-hydrogen) atoms. The fourth-order valence-corrected chi connectivity index (χ4v) is 4.64. The zero-order valence-corrected chi connectivity index (χ0v) is 21.5. The number of aryl methyl sites for hydroxylation is 1. The third-order valence-corrected chi connectivity index (χ3v) is 6.83. The van der Waals surface area contributed by atoms with Crippen LogP contribution in [0.3, 0.4) is 0 Å². The molecule has 0 bridgehead atoms. The van der Waals surface area contributed by atoms with Gasteiger partial charge in [0, 0.05) is 26.1 Å². The quantitative estimate of drug-likeness (QED) is 0.435. The van der Waals surface area contributed by atoms with Gasteiger partial charge in [0.15, 0.2) is 0 Å². The van der Waals surface area contributed by atoms with E-state index in [4.69, 9.17) is 0 Å². The molecular formula is C26H37N3O4S. The van der Waals surface area contributed by atoms with E-state index in [9.17, 15) is 18.0 Å². The number of amides is 2. The molecule has 2 aromatic carbocycles. The maximum Gasteiger partial charge on any atom is 0.242 e. The molecule has 0 spiro atoms. The van der Waals surface area contributed by atoms with Crippen LogP contribution >= 0.6 is 0 Å². The van der Waals surface area contributed by atoms with Crippen LogP contribution in [0.1, 0.15) is 50.7 Å². The molecule has 0 heterocycles. The topological polar surface area (TPSA) is 86.8 Å². The molecule has 1 unspecified atom stereocenters. The Morgan fingerprint density at radius 3 is 2.35 bits per heavy atom. The van der Waals surface area contributed by atoms with Crippen molar-refractivity contribution >= 4 is 27.5 Å². The number of hydrogen-bond acceptors (Lipinski definition) is 4. The highest BCUT2D eigenvalue weighted by Crippen LogP contribution is 2.20. The molecule has 0 aliphatic heterocycles. The fraction of sp³-hybridized carbons (Fsp3) is 0.462. The Morgan fingerprint density at radius 1 is 1.03 bits per heavy atom. The number of nitrogens with zero attached hydrogens (tertiary/aromatic N) is 2. The lowest BCUT2D eigenvalue weighted by molar-refractivity contribution is -0.140. The second kappa shape index (κ2) is 13.1. The van der Waals surface area contributed by atoms with Crippen LogP contribution in [-0.4, -0.2) is 50.5 Å². The minimum atomic E-state index is -3.50. The van der Waals surface area contributed by atoms with Gasteiger partial charge in [0.2, 0.25) is 21.8 Å². The SMILES string of the molecule is CCCCNC(=O)C(C)N(Cc1ccccc1)C(=O)CCCN(c1cccc(C)c1)S(C)(=O)=O. The van der Waals surface area contributed by atoms with Gasteiger partial charge < -0.3 is 10.2 Å². The van der Waals surface area contributed by atoms with Crippen molar-refractivity contribution in [1.82, 2.24) is 10.2 Å². The minimum absolute atomic E-state index is 0.136. The van der Waals surface area contributed by atoms with Gasteiger partial charge in [-0.3, -0.25) is 13.9 Å². The average molecular weight is 488 g/mol. The van der Waals surface area contributed by atoms with E-state index in [0.29, 0.717) is 25.2 Å². The molecule has 0 radical (unpaired) electrons. The van der Waals surface area contributed by atoms with E-state index in [1.54, 1.807) is 17.9 Å². The van der Waals surface area contributed by atoms with Crippen LogP contribution in [0.2, 0.25) is 0 Å². The second-order valence-electron chi connectivity index (χ2n) is 8.61. The summed E-state index contributed by atoms with van der Waals surface area (Å²) in [5.41, 5.74) is 2.47. The first-order valence-corrected chi connectivity index (χ1v) is 13.6. The summed E-state index contributed by atoms with van der Waals surface area (Å²) in [6.45, 7) is 6.77. The van der Waals surface area contributed by atoms with Crippen LogP contribution in [0, 0.1) is 6.92 Å². The molecule has 1 N–H and O–H groups in total. The Bertz CT molecular complexity index is 1040. The van der Waals surface area contributed by atoms with E-state index in [-0.39, 0.29) is 24.8 Å². The van der Waals surface area contributed by atoms with Crippen LogP contribution in [-0.2, 0) is 26.2 Å². The largest absolute Gasteiger partial charge is 0.354 e. The Labute approximate surface area is 204 Å². The monoisotopic (exact) mass is 487 g/mol. The van der Waals surface area contributed by atoms with Crippen molar-refractivity contribution in [3.05, 3.63) is 65.7 Å². The maximum absolute atomic E-state index is 13.2. The normalized spacial score (nSPS) is 12.1. The first-order chi connectivity index (χ1) is 16.1. The molecule has 0 saturated carbocycles. The molecular weight excluding hydrogens is 450 g/mol. The third-order valence-electron chi connectivity index (χ3n) is 5.63. The molecule has 0 aromatic heterocycles. The number of hydrogen-bond donors (Lipinski definition) is 1. The summed E-state index contributed by atoms with van der Waals surface area (Å²) >= 11 is 0. The smallest absolute Gasteiger partial charge is 0.242 e. The molecule has 2 amide bonds. The number of anilines is 1. The molecule has 0 fully saturated rings. The highest BCUT2D eigenvalue weighted by molar-refractivity contribution is 7.92. The number of sulfonamides is 1. The zero-order chi connectivity index (χ0) is 25.1. The van der Waals surface area contributed by atoms with E-state index < -0.39 is 16.1 Å². The van der Waals surface area contributed by atoms with Crippen LogP contribution in [0.5, 0.6) is 0 Å².